The number of fused-ring (bicyclic) bond motifs is 1. The van der Waals surface area contributed by atoms with Crippen LogP contribution in [0.15, 0.2) is 82.5 Å². The molecule has 1 aromatic heterocycles. The number of benzene rings is 3. The number of anilines is 1. The van der Waals surface area contributed by atoms with Gasteiger partial charge in [-0.25, -0.2) is 12.8 Å². The summed E-state index contributed by atoms with van der Waals surface area (Å²) in [5, 5.41) is 0. The number of hydrogen-bond donors (Lipinski definition) is 1. The average Bonchev–Trinajstić information content (AvgIpc) is 2.97. The van der Waals surface area contributed by atoms with Gasteiger partial charge in [-0.05, 0) is 42.0 Å². The Bertz CT molecular complexity index is 1310. The molecule has 3 aromatic carbocycles. The van der Waals surface area contributed by atoms with Crippen molar-refractivity contribution in [2.45, 2.75) is 11.4 Å². The zero-order chi connectivity index (χ0) is 19.7. The fourth-order valence-electron chi connectivity index (χ4n) is 2.90. The molecule has 4 aromatic rings. The number of nitrogens with zero attached hydrogens (tertiary/aromatic N) is 1. The van der Waals surface area contributed by atoms with Crippen LogP contribution in [-0.2, 0) is 16.6 Å². The highest BCUT2D eigenvalue weighted by Gasteiger charge is 2.17. The highest BCUT2D eigenvalue weighted by atomic mass is 32.2. The minimum absolute atomic E-state index is 0.0115. The van der Waals surface area contributed by atoms with E-state index in [0.717, 1.165) is 23.0 Å². The van der Waals surface area contributed by atoms with Crippen LogP contribution in [0.2, 0.25) is 0 Å². The summed E-state index contributed by atoms with van der Waals surface area (Å²) < 4.78 is 43.1. The van der Waals surface area contributed by atoms with E-state index in [9.17, 15) is 17.6 Å². The van der Waals surface area contributed by atoms with Crippen LogP contribution in [0.25, 0.3) is 10.2 Å². The third kappa shape index (κ3) is 3.69. The van der Waals surface area contributed by atoms with Crippen LogP contribution in [0.1, 0.15) is 5.56 Å². The number of aromatic nitrogens is 1. The van der Waals surface area contributed by atoms with Gasteiger partial charge in [-0.15, -0.1) is 0 Å². The van der Waals surface area contributed by atoms with Crippen molar-refractivity contribution < 1.29 is 12.8 Å². The van der Waals surface area contributed by atoms with Crippen LogP contribution < -0.4 is 9.60 Å². The lowest BCUT2D eigenvalue weighted by Gasteiger charge is -2.09. The molecule has 0 aliphatic carbocycles. The van der Waals surface area contributed by atoms with Crippen LogP contribution in [0, 0.1) is 5.82 Å². The Morgan fingerprint density at radius 1 is 0.964 bits per heavy atom. The molecule has 0 spiro atoms. The smallest absolute Gasteiger partial charge is 0.294 e. The molecule has 0 bridgehead atoms. The molecule has 0 radical (unpaired) electrons. The molecule has 0 atom stereocenters. The van der Waals surface area contributed by atoms with Gasteiger partial charge in [-0.1, -0.05) is 47.7 Å². The maximum absolute atomic E-state index is 13.3. The summed E-state index contributed by atoms with van der Waals surface area (Å²) in [6.07, 6.45) is 0. The van der Waals surface area contributed by atoms with Gasteiger partial charge < -0.3 is 0 Å². The van der Waals surface area contributed by atoms with Crippen LogP contribution in [0.4, 0.5) is 10.1 Å². The molecule has 8 heteroatoms. The molecule has 1 N–H and O–H groups in total. The SMILES string of the molecule is O=c1sc2cc(S(=O)(=O)Nc3cccc(F)c3)ccc2n1Cc1ccccc1. The number of sulfonamides is 1. The first-order chi connectivity index (χ1) is 13.4. The zero-order valence-electron chi connectivity index (χ0n) is 14.5. The molecule has 0 saturated carbocycles. The van der Waals surface area contributed by atoms with Crippen LogP contribution in [0.5, 0.6) is 0 Å². The second-order valence-electron chi connectivity index (χ2n) is 6.19. The molecule has 0 fully saturated rings. The number of nitrogens with one attached hydrogen (secondary N) is 1. The first-order valence-electron chi connectivity index (χ1n) is 8.38. The van der Waals surface area contributed by atoms with E-state index in [0.29, 0.717) is 16.8 Å². The van der Waals surface area contributed by atoms with Crippen molar-refractivity contribution in [3.63, 3.8) is 0 Å². The summed E-state index contributed by atoms with van der Waals surface area (Å²) in [5.41, 5.74) is 1.78. The van der Waals surface area contributed by atoms with Crippen molar-refractivity contribution >= 4 is 37.3 Å². The Kier molecular flexibility index (Phi) is 4.74. The predicted molar refractivity (Wildman–Crippen MR) is 109 cm³/mol. The lowest BCUT2D eigenvalue weighted by molar-refractivity contribution is 0.601. The van der Waals surface area contributed by atoms with E-state index in [1.165, 1.54) is 30.3 Å². The maximum Gasteiger partial charge on any atom is 0.308 e. The van der Waals surface area contributed by atoms with E-state index in [1.54, 1.807) is 10.6 Å². The number of hydrogen-bond acceptors (Lipinski definition) is 4. The van der Waals surface area contributed by atoms with Crippen LogP contribution in [0.3, 0.4) is 0 Å². The van der Waals surface area contributed by atoms with Crippen molar-refractivity contribution in [1.82, 2.24) is 4.57 Å². The monoisotopic (exact) mass is 414 g/mol. The molecule has 1 heterocycles. The molecular weight excluding hydrogens is 399 g/mol. The molecule has 142 valence electrons. The summed E-state index contributed by atoms with van der Waals surface area (Å²) in [6.45, 7) is 0.410. The van der Waals surface area contributed by atoms with Crippen LogP contribution in [-0.4, -0.2) is 13.0 Å². The fraction of sp³-hybridized carbons (Fsp3) is 0.0500. The third-order valence-corrected chi connectivity index (χ3v) is 6.53. The molecule has 0 saturated heterocycles. The fourth-order valence-corrected chi connectivity index (χ4v) is 4.98. The highest BCUT2D eigenvalue weighted by molar-refractivity contribution is 7.92. The molecule has 28 heavy (non-hydrogen) atoms. The number of halogens is 1. The van der Waals surface area contributed by atoms with Gasteiger partial charge in [0, 0.05) is 0 Å². The lowest BCUT2D eigenvalue weighted by Crippen LogP contribution is -2.14. The van der Waals surface area contributed by atoms with Gasteiger partial charge in [-0.3, -0.25) is 14.1 Å². The summed E-state index contributed by atoms with van der Waals surface area (Å²) in [4.78, 5) is 12.3. The van der Waals surface area contributed by atoms with Gasteiger partial charge in [-0.2, -0.15) is 0 Å². The van der Waals surface area contributed by atoms with Gasteiger partial charge in [0.25, 0.3) is 10.0 Å². The van der Waals surface area contributed by atoms with Gasteiger partial charge in [0.05, 0.1) is 27.3 Å². The zero-order valence-corrected chi connectivity index (χ0v) is 16.1. The Labute approximate surface area is 164 Å². The largest absolute Gasteiger partial charge is 0.308 e. The standard InChI is InChI=1S/C20H15FN2O3S2/c21-15-7-4-8-16(11-15)22-28(25,26)17-9-10-18-19(12-17)27-20(24)23(18)13-14-5-2-1-3-6-14/h1-12,22H,13H2. The highest BCUT2D eigenvalue weighted by Crippen LogP contribution is 2.24. The first kappa shape index (κ1) is 18.4. The van der Waals surface area contributed by atoms with E-state index >= 15 is 0 Å². The molecule has 4 rings (SSSR count). The Morgan fingerprint density at radius 2 is 1.75 bits per heavy atom. The molecule has 0 aliphatic rings. The average molecular weight is 414 g/mol. The summed E-state index contributed by atoms with van der Waals surface area (Å²) in [5.74, 6) is -0.535. The molecular formula is C20H15FN2O3S2. The topological polar surface area (TPSA) is 68.2 Å². The second-order valence-corrected chi connectivity index (χ2v) is 8.86. The Morgan fingerprint density at radius 3 is 2.50 bits per heavy atom. The number of thiazole rings is 1. The van der Waals surface area contributed by atoms with Crippen molar-refractivity contribution in [3.8, 4) is 0 Å². The summed E-state index contributed by atoms with van der Waals surface area (Å²) >= 11 is 0.992. The third-order valence-electron chi connectivity index (χ3n) is 4.21. The van der Waals surface area contributed by atoms with Crippen molar-refractivity contribution in [2.24, 2.45) is 0 Å². The van der Waals surface area contributed by atoms with Crippen molar-refractivity contribution in [1.29, 1.82) is 0 Å². The molecule has 0 unspecified atom stereocenters. The van der Waals surface area contributed by atoms with Gasteiger partial charge in [0.15, 0.2) is 0 Å². The van der Waals surface area contributed by atoms with Gasteiger partial charge >= 0.3 is 4.87 Å². The summed E-state index contributed by atoms with van der Waals surface area (Å²) in [7, 11) is -3.91. The van der Waals surface area contributed by atoms with E-state index in [4.69, 9.17) is 0 Å². The minimum atomic E-state index is -3.91. The normalized spacial score (nSPS) is 11.6. The van der Waals surface area contributed by atoms with Gasteiger partial charge in [0.1, 0.15) is 5.82 Å². The molecule has 5 nitrogen and oxygen atoms in total. The van der Waals surface area contributed by atoms with E-state index < -0.39 is 15.8 Å². The van der Waals surface area contributed by atoms with Crippen LogP contribution >= 0.6 is 11.3 Å². The predicted octanol–water partition coefficient (Wildman–Crippen LogP) is 4.05. The Balaban J connectivity index is 1.69. The maximum atomic E-state index is 13.3. The van der Waals surface area contributed by atoms with E-state index in [2.05, 4.69) is 4.72 Å². The van der Waals surface area contributed by atoms with Crippen molar-refractivity contribution in [3.05, 3.63) is 93.8 Å². The first-order valence-corrected chi connectivity index (χ1v) is 10.7. The van der Waals surface area contributed by atoms with Gasteiger partial charge in [0.2, 0.25) is 0 Å². The second kappa shape index (κ2) is 7.21. The lowest BCUT2D eigenvalue weighted by atomic mass is 10.2. The molecule has 0 aliphatic heterocycles. The molecule has 0 amide bonds. The van der Waals surface area contributed by atoms with Crippen molar-refractivity contribution in [2.75, 3.05) is 4.72 Å². The summed E-state index contributed by atoms with van der Waals surface area (Å²) in [6, 6.07) is 19.3. The van der Waals surface area contributed by atoms with E-state index in [-0.39, 0.29) is 15.5 Å². The minimum Gasteiger partial charge on any atom is -0.294 e. The van der Waals surface area contributed by atoms with E-state index in [1.807, 2.05) is 30.3 Å². The Hall–Kier alpha value is -2.97. The quantitative estimate of drug-likeness (QED) is 0.536. The number of rotatable bonds is 5.